The van der Waals surface area contributed by atoms with Gasteiger partial charge in [0, 0.05) is 23.8 Å². The summed E-state index contributed by atoms with van der Waals surface area (Å²) >= 11 is 3.34. The van der Waals surface area contributed by atoms with Crippen molar-refractivity contribution in [3.8, 4) is 0 Å². The van der Waals surface area contributed by atoms with Crippen molar-refractivity contribution < 1.29 is 8.42 Å². The highest BCUT2D eigenvalue weighted by atomic mass is 79.9. The Morgan fingerprint density at radius 2 is 2.00 bits per heavy atom. The first kappa shape index (κ1) is 13.8. The summed E-state index contributed by atoms with van der Waals surface area (Å²) in [6.07, 6.45) is 4.55. The molecule has 0 saturated carbocycles. The summed E-state index contributed by atoms with van der Waals surface area (Å²) in [5.41, 5.74) is 0.946. The zero-order chi connectivity index (χ0) is 13.2. The molecule has 1 aliphatic rings. The van der Waals surface area contributed by atoms with Crippen LogP contribution in [-0.2, 0) is 10.2 Å². The van der Waals surface area contributed by atoms with E-state index in [1.165, 1.54) is 4.31 Å². The van der Waals surface area contributed by atoms with E-state index in [-0.39, 0.29) is 0 Å². The number of nitrogens with zero attached hydrogens (tertiary/aromatic N) is 2. The Morgan fingerprint density at radius 3 is 2.61 bits per heavy atom. The fourth-order valence-electron chi connectivity index (χ4n) is 1.90. The quantitative estimate of drug-likeness (QED) is 0.923. The summed E-state index contributed by atoms with van der Waals surface area (Å²) in [6.45, 7) is 3.07. The van der Waals surface area contributed by atoms with Crippen molar-refractivity contribution in [3.63, 3.8) is 0 Å². The number of hydrogen-bond donors (Lipinski definition) is 1. The summed E-state index contributed by atoms with van der Waals surface area (Å²) < 4.78 is 29.1. The summed E-state index contributed by atoms with van der Waals surface area (Å²) in [5.74, 6) is 0.362. The van der Waals surface area contributed by atoms with Crippen molar-refractivity contribution in [2.45, 2.75) is 26.2 Å². The molecule has 1 fully saturated rings. The van der Waals surface area contributed by atoms with Crippen LogP contribution in [0.15, 0.2) is 16.7 Å². The Hall–Kier alpha value is -0.660. The number of hydrogen-bond acceptors (Lipinski definition) is 3. The maximum atomic E-state index is 12.1. The van der Waals surface area contributed by atoms with Crippen molar-refractivity contribution in [1.82, 2.24) is 9.29 Å². The highest BCUT2D eigenvalue weighted by Gasteiger charge is 2.24. The summed E-state index contributed by atoms with van der Waals surface area (Å²) in [5, 5.41) is 0. The van der Waals surface area contributed by atoms with Gasteiger partial charge in [-0.2, -0.15) is 12.7 Å². The molecule has 0 spiro atoms. The van der Waals surface area contributed by atoms with Crippen LogP contribution in [0.25, 0.3) is 0 Å². The lowest BCUT2D eigenvalue weighted by molar-refractivity contribution is 0.349. The molecule has 0 radical (unpaired) electrons. The summed E-state index contributed by atoms with van der Waals surface area (Å²) in [7, 11) is -3.46. The predicted octanol–water partition coefficient (Wildman–Crippen LogP) is 2.30. The molecule has 2 heterocycles. The third kappa shape index (κ3) is 3.21. The molecule has 1 saturated heterocycles. The molecule has 0 atom stereocenters. The van der Waals surface area contributed by atoms with E-state index in [0.29, 0.717) is 18.9 Å². The molecule has 0 unspecified atom stereocenters. The first-order valence-electron chi connectivity index (χ1n) is 5.89. The van der Waals surface area contributed by atoms with Crippen molar-refractivity contribution in [3.05, 3.63) is 22.3 Å². The van der Waals surface area contributed by atoms with Crippen LogP contribution in [0.5, 0.6) is 0 Å². The zero-order valence-corrected chi connectivity index (χ0v) is 12.6. The van der Waals surface area contributed by atoms with Crippen LogP contribution in [0.3, 0.4) is 0 Å². The number of aryl methyl sites for hydroxylation is 1. The third-order valence-electron chi connectivity index (χ3n) is 2.94. The van der Waals surface area contributed by atoms with E-state index in [9.17, 15) is 8.42 Å². The number of halogens is 1. The molecule has 2 rings (SSSR count). The Bertz CT molecular complexity index is 527. The molecule has 0 aliphatic carbocycles. The predicted molar refractivity (Wildman–Crippen MR) is 74.6 cm³/mol. The molecule has 100 valence electrons. The summed E-state index contributed by atoms with van der Waals surface area (Å²) in [6, 6.07) is 1.71. The number of aromatic nitrogens is 1. The molecule has 1 aliphatic heterocycles. The Morgan fingerprint density at radius 1 is 1.33 bits per heavy atom. The SMILES string of the molecule is Cc1cc(NS(=O)(=O)N2CCCCC2)ncc1Br. The number of piperidine rings is 1. The standard InChI is InChI=1S/C11H16BrN3O2S/c1-9-7-11(13-8-10(9)12)14-18(16,17)15-5-3-2-4-6-15/h7-8H,2-6H2,1H3,(H,13,14). The molecule has 18 heavy (non-hydrogen) atoms. The second-order valence-corrected chi connectivity index (χ2v) is 6.91. The maximum absolute atomic E-state index is 12.1. The fourth-order valence-corrected chi connectivity index (χ4v) is 3.36. The first-order chi connectivity index (χ1) is 8.49. The molecule has 0 bridgehead atoms. The van der Waals surface area contributed by atoms with Gasteiger partial charge in [0.2, 0.25) is 0 Å². The molecule has 0 aromatic carbocycles. The van der Waals surface area contributed by atoms with Gasteiger partial charge in [0.05, 0.1) is 0 Å². The lowest BCUT2D eigenvalue weighted by Gasteiger charge is -2.25. The molecule has 7 heteroatoms. The van der Waals surface area contributed by atoms with E-state index in [0.717, 1.165) is 29.3 Å². The normalized spacial score (nSPS) is 17.7. The average Bonchev–Trinajstić information content (AvgIpc) is 2.35. The second-order valence-electron chi connectivity index (χ2n) is 4.39. The highest BCUT2D eigenvalue weighted by Crippen LogP contribution is 2.19. The number of pyridine rings is 1. The number of anilines is 1. The topological polar surface area (TPSA) is 62.3 Å². The number of nitrogens with one attached hydrogen (secondary N) is 1. The first-order valence-corrected chi connectivity index (χ1v) is 8.12. The number of rotatable bonds is 3. The van der Waals surface area contributed by atoms with Gasteiger partial charge >= 0.3 is 10.2 Å². The largest absolute Gasteiger partial charge is 0.302 e. The lowest BCUT2D eigenvalue weighted by atomic mass is 10.2. The van der Waals surface area contributed by atoms with Crippen LogP contribution in [0.4, 0.5) is 5.82 Å². The van der Waals surface area contributed by atoms with Gasteiger partial charge in [0.1, 0.15) is 5.82 Å². The third-order valence-corrected chi connectivity index (χ3v) is 5.28. The van der Waals surface area contributed by atoms with Gasteiger partial charge in [0.25, 0.3) is 0 Å². The van der Waals surface area contributed by atoms with E-state index in [4.69, 9.17) is 0 Å². The van der Waals surface area contributed by atoms with Crippen LogP contribution in [0.1, 0.15) is 24.8 Å². The van der Waals surface area contributed by atoms with E-state index >= 15 is 0 Å². The monoisotopic (exact) mass is 333 g/mol. The molecule has 0 amide bonds. The molecule has 1 N–H and O–H groups in total. The van der Waals surface area contributed by atoms with Gasteiger partial charge in [-0.1, -0.05) is 6.42 Å². The fraction of sp³-hybridized carbons (Fsp3) is 0.545. The molecular formula is C11H16BrN3O2S. The van der Waals surface area contributed by atoms with Gasteiger partial charge in [-0.25, -0.2) is 4.98 Å². The van der Waals surface area contributed by atoms with E-state index < -0.39 is 10.2 Å². The van der Waals surface area contributed by atoms with E-state index in [2.05, 4.69) is 25.6 Å². The van der Waals surface area contributed by atoms with Gasteiger partial charge in [-0.15, -0.1) is 0 Å². The van der Waals surface area contributed by atoms with Crippen LogP contribution in [0, 0.1) is 6.92 Å². The van der Waals surface area contributed by atoms with Gasteiger partial charge in [0.15, 0.2) is 0 Å². The van der Waals surface area contributed by atoms with Crippen molar-refractivity contribution in [1.29, 1.82) is 0 Å². The van der Waals surface area contributed by atoms with Crippen molar-refractivity contribution in [2.24, 2.45) is 0 Å². The highest BCUT2D eigenvalue weighted by molar-refractivity contribution is 9.10. The van der Waals surface area contributed by atoms with Crippen molar-refractivity contribution in [2.75, 3.05) is 17.8 Å². The van der Waals surface area contributed by atoms with Crippen molar-refractivity contribution >= 4 is 32.0 Å². The van der Waals surface area contributed by atoms with Crippen LogP contribution >= 0.6 is 15.9 Å². The lowest BCUT2D eigenvalue weighted by Crippen LogP contribution is -2.39. The van der Waals surface area contributed by atoms with Gasteiger partial charge in [-0.05, 0) is 47.3 Å². The zero-order valence-electron chi connectivity index (χ0n) is 10.2. The van der Waals surface area contributed by atoms with Crippen LogP contribution in [-0.4, -0.2) is 30.8 Å². The average molecular weight is 334 g/mol. The summed E-state index contributed by atoms with van der Waals surface area (Å²) in [4.78, 5) is 4.06. The smallest absolute Gasteiger partial charge is 0.254 e. The van der Waals surface area contributed by atoms with Crippen LogP contribution < -0.4 is 4.72 Å². The Labute approximate surface area is 116 Å². The van der Waals surface area contributed by atoms with Crippen LogP contribution in [0.2, 0.25) is 0 Å². The Kier molecular flexibility index (Phi) is 4.24. The van der Waals surface area contributed by atoms with E-state index in [1.54, 1.807) is 12.3 Å². The molecule has 5 nitrogen and oxygen atoms in total. The second kappa shape index (κ2) is 5.54. The van der Waals surface area contributed by atoms with Gasteiger partial charge in [-0.3, -0.25) is 4.72 Å². The maximum Gasteiger partial charge on any atom is 0.302 e. The minimum atomic E-state index is -3.46. The molecular weight excluding hydrogens is 318 g/mol. The molecule has 1 aromatic rings. The van der Waals surface area contributed by atoms with Gasteiger partial charge < -0.3 is 0 Å². The Balaban J connectivity index is 2.13. The minimum absolute atomic E-state index is 0.362. The minimum Gasteiger partial charge on any atom is -0.254 e. The molecule has 1 aromatic heterocycles. The van der Waals surface area contributed by atoms with E-state index in [1.807, 2.05) is 6.92 Å².